The molecule has 4 nitrogen and oxygen atoms in total. The van der Waals surface area contributed by atoms with Crippen molar-refractivity contribution in [3.05, 3.63) is 29.8 Å². The quantitative estimate of drug-likeness (QED) is 0.862. The fraction of sp³-hybridized carbons (Fsp3) is 0.364. The average Bonchev–Trinajstić information content (AvgIpc) is 2.75. The molecular weight excluding hydrogens is 270 g/mol. The molecule has 0 spiro atoms. The molecule has 0 bridgehead atoms. The molecule has 2 rings (SSSR count). The Morgan fingerprint density at radius 2 is 2.16 bits per heavy atom. The van der Waals surface area contributed by atoms with Crippen LogP contribution in [0.5, 0.6) is 5.75 Å². The van der Waals surface area contributed by atoms with Gasteiger partial charge in [-0.1, -0.05) is 12.1 Å². The SMILES string of the molecule is O=C1N[C@@H](c2cccc(OC(F)(F)C(F)F)c2)CO1. The highest BCUT2D eigenvalue weighted by molar-refractivity contribution is 5.70. The lowest BCUT2D eigenvalue weighted by molar-refractivity contribution is -0.253. The molecule has 19 heavy (non-hydrogen) atoms. The molecule has 8 heteroatoms. The van der Waals surface area contributed by atoms with Gasteiger partial charge in [0.15, 0.2) is 0 Å². The van der Waals surface area contributed by atoms with E-state index in [9.17, 15) is 22.4 Å². The molecule has 104 valence electrons. The van der Waals surface area contributed by atoms with Crippen molar-refractivity contribution in [3.63, 3.8) is 0 Å². The second-order valence-electron chi connectivity index (χ2n) is 3.83. The number of alkyl carbamates (subject to hydrolysis) is 1. The number of halogens is 4. The van der Waals surface area contributed by atoms with Crippen LogP contribution in [0.3, 0.4) is 0 Å². The molecule has 0 aromatic heterocycles. The zero-order chi connectivity index (χ0) is 14.0. The number of alkyl halides is 4. The third kappa shape index (κ3) is 3.07. The van der Waals surface area contributed by atoms with E-state index in [4.69, 9.17) is 0 Å². The topological polar surface area (TPSA) is 47.6 Å². The third-order valence-electron chi connectivity index (χ3n) is 2.44. The lowest BCUT2D eigenvalue weighted by atomic mass is 10.1. The van der Waals surface area contributed by atoms with Crippen LogP contribution >= 0.6 is 0 Å². The van der Waals surface area contributed by atoms with E-state index in [-0.39, 0.29) is 6.61 Å². The molecule has 1 amide bonds. The summed E-state index contributed by atoms with van der Waals surface area (Å²) in [5.41, 5.74) is 0.424. The van der Waals surface area contributed by atoms with Crippen LogP contribution in [0.4, 0.5) is 22.4 Å². The minimum Gasteiger partial charge on any atom is -0.447 e. The monoisotopic (exact) mass is 279 g/mol. The maximum absolute atomic E-state index is 12.7. The van der Waals surface area contributed by atoms with Gasteiger partial charge in [-0.05, 0) is 17.7 Å². The standard InChI is InChI=1S/C11H9F4NO3/c12-9(13)11(14,15)19-7-3-1-2-6(4-7)8-5-18-10(17)16-8/h1-4,8-9H,5H2,(H,16,17)/t8-/m1/s1. The van der Waals surface area contributed by atoms with Gasteiger partial charge in [-0.2, -0.15) is 17.6 Å². The molecule has 1 saturated heterocycles. The number of hydrogen-bond donors (Lipinski definition) is 1. The minimum absolute atomic E-state index is 0.0352. The van der Waals surface area contributed by atoms with Crippen molar-refractivity contribution in [3.8, 4) is 5.75 Å². The Morgan fingerprint density at radius 3 is 2.74 bits per heavy atom. The van der Waals surface area contributed by atoms with E-state index < -0.39 is 30.4 Å². The number of cyclic esters (lactones) is 1. The summed E-state index contributed by atoms with van der Waals surface area (Å²) in [6.07, 6.45) is -9.12. The smallest absolute Gasteiger partial charge is 0.447 e. The summed E-state index contributed by atoms with van der Waals surface area (Å²) in [5, 5.41) is 2.43. The molecule has 0 radical (unpaired) electrons. The van der Waals surface area contributed by atoms with Gasteiger partial charge in [-0.25, -0.2) is 4.79 Å². The highest BCUT2D eigenvalue weighted by atomic mass is 19.3. The number of rotatable bonds is 4. The molecule has 1 aliphatic rings. The molecule has 1 N–H and O–H groups in total. The molecule has 0 aliphatic carbocycles. The summed E-state index contributed by atoms with van der Waals surface area (Å²) in [7, 11) is 0. The Balaban J connectivity index is 2.13. The molecule has 1 atom stereocenters. The fourth-order valence-electron chi connectivity index (χ4n) is 1.56. The normalized spacial score (nSPS) is 19.2. The first-order valence-electron chi connectivity index (χ1n) is 5.27. The average molecular weight is 279 g/mol. The number of amides is 1. The molecule has 0 saturated carbocycles. The molecule has 1 fully saturated rings. The predicted molar refractivity (Wildman–Crippen MR) is 55.2 cm³/mol. The van der Waals surface area contributed by atoms with Crippen molar-refractivity contribution in [2.45, 2.75) is 18.6 Å². The van der Waals surface area contributed by atoms with E-state index in [1.807, 2.05) is 0 Å². The molecule has 0 unspecified atom stereocenters. The zero-order valence-electron chi connectivity index (χ0n) is 9.41. The Bertz CT molecular complexity index is 481. The van der Waals surface area contributed by atoms with E-state index in [0.29, 0.717) is 5.56 Å². The van der Waals surface area contributed by atoms with Gasteiger partial charge >= 0.3 is 18.6 Å². The van der Waals surface area contributed by atoms with Crippen molar-refractivity contribution < 1.29 is 31.8 Å². The van der Waals surface area contributed by atoms with Crippen molar-refractivity contribution in [1.82, 2.24) is 5.32 Å². The van der Waals surface area contributed by atoms with Gasteiger partial charge < -0.3 is 14.8 Å². The number of hydrogen-bond acceptors (Lipinski definition) is 3. The van der Waals surface area contributed by atoms with E-state index in [1.165, 1.54) is 12.1 Å². The van der Waals surface area contributed by atoms with Crippen LogP contribution in [0.15, 0.2) is 24.3 Å². The summed E-state index contributed by atoms with van der Waals surface area (Å²) >= 11 is 0. The van der Waals surface area contributed by atoms with Gasteiger partial charge in [-0.15, -0.1) is 0 Å². The first-order chi connectivity index (χ1) is 8.88. The van der Waals surface area contributed by atoms with E-state index in [1.54, 1.807) is 0 Å². The van der Waals surface area contributed by atoms with E-state index >= 15 is 0 Å². The maximum atomic E-state index is 12.7. The third-order valence-corrected chi connectivity index (χ3v) is 2.44. The van der Waals surface area contributed by atoms with Crippen LogP contribution in [-0.2, 0) is 4.74 Å². The van der Waals surface area contributed by atoms with Crippen LogP contribution in [-0.4, -0.2) is 25.2 Å². The van der Waals surface area contributed by atoms with Gasteiger partial charge in [0, 0.05) is 0 Å². The fourth-order valence-corrected chi connectivity index (χ4v) is 1.56. The lowest BCUT2D eigenvalue weighted by Crippen LogP contribution is -2.33. The highest BCUT2D eigenvalue weighted by Crippen LogP contribution is 2.29. The van der Waals surface area contributed by atoms with Gasteiger partial charge in [0.05, 0.1) is 6.04 Å². The van der Waals surface area contributed by atoms with Crippen LogP contribution in [0.2, 0.25) is 0 Å². The Labute approximate surface area is 105 Å². The number of benzene rings is 1. The summed E-state index contributed by atoms with van der Waals surface area (Å²) < 4.78 is 58.1. The predicted octanol–water partition coefficient (Wildman–Crippen LogP) is 2.70. The lowest BCUT2D eigenvalue weighted by Gasteiger charge is -2.17. The van der Waals surface area contributed by atoms with Crippen molar-refractivity contribution in [2.24, 2.45) is 0 Å². The first kappa shape index (κ1) is 13.4. The van der Waals surface area contributed by atoms with Crippen molar-refractivity contribution >= 4 is 6.09 Å². The van der Waals surface area contributed by atoms with Crippen LogP contribution in [0.1, 0.15) is 11.6 Å². The Kier molecular flexibility index (Phi) is 3.50. The molecule has 1 aromatic carbocycles. The molecule has 1 aliphatic heterocycles. The Hall–Kier alpha value is -1.99. The van der Waals surface area contributed by atoms with E-state index in [0.717, 1.165) is 12.1 Å². The summed E-state index contributed by atoms with van der Waals surface area (Å²) in [6.45, 7) is 0.0352. The highest BCUT2D eigenvalue weighted by Gasteiger charge is 2.44. The van der Waals surface area contributed by atoms with Gasteiger partial charge in [-0.3, -0.25) is 0 Å². The maximum Gasteiger partial charge on any atom is 0.461 e. The van der Waals surface area contributed by atoms with Crippen LogP contribution in [0, 0.1) is 0 Å². The zero-order valence-corrected chi connectivity index (χ0v) is 9.41. The van der Waals surface area contributed by atoms with Crippen LogP contribution in [0.25, 0.3) is 0 Å². The molecule has 1 heterocycles. The largest absolute Gasteiger partial charge is 0.461 e. The van der Waals surface area contributed by atoms with Gasteiger partial charge in [0.2, 0.25) is 0 Å². The van der Waals surface area contributed by atoms with E-state index in [2.05, 4.69) is 14.8 Å². The molecule has 1 aromatic rings. The minimum atomic E-state index is -4.56. The number of carbonyl (C=O) groups excluding carboxylic acids is 1. The summed E-state index contributed by atoms with van der Waals surface area (Å²) in [4.78, 5) is 10.8. The number of ether oxygens (including phenoxy) is 2. The summed E-state index contributed by atoms with van der Waals surface area (Å²) in [5.74, 6) is -0.413. The van der Waals surface area contributed by atoms with Crippen molar-refractivity contribution in [2.75, 3.05) is 6.61 Å². The number of nitrogens with one attached hydrogen (secondary N) is 1. The first-order valence-corrected chi connectivity index (χ1v) is 5.27. The molecular formula is C11H9F4NO3. The number of carbonyl (C=O) groups is 1. The second kappa shape index (κ2) is 4.94. The van der Waals surface area contributed by atoms with Crippen molar-refractivity contribution in [1.29, 1.82) is 0 Å². The van der Waals surface area contributed by atoms with Crippen LogP contribution < -0.4 is 10.1 Å². The Morgan fingerprint density at radius 1 is 1.42 bits per heavy atom. The van der Waals surface area contributed by atoms with Gasteiger partial charge in [0.1, 0.15) is 12.4 Å². The second-order valence-corrected chi connectivity index (χ2v) is 3.83. The summed E-state index contributed by atoms with van der Waals surface area (Å²) in [6, 6.07) is 4.65. The van der Waals surface area contributed by atoms with Gasteiger partial charge in [0.25, 0.3) is 0 Å².